The Balaban J connectivity index is 0.978. The third kappa shape index (κ3) is 7.03. The van der Waals surface area contributed by atoms with Crippen molar-refractivity contribution in [2.24, 2.45) is 11.3 Å². The van der Waals surface area contributed by atoms with E-state index in [-0.39, 0.29) is 5.41 Å². The molecular formula is C35H41ClN6O3. The Hall–Kier alpha value is -3.87. The SMILES string of the molecule is CC(C)(c1ccc(OCc2ccnc(N3CCC4(CC3)CN(CC3CCN(C(=O)O)CC3)C4)n2)cc1)c1cc(Cl)cc(C#N)c1. The van der Waals surface area contributed by atoms with Crippen LogP contribution in [0.1, 0.15) is 61.9 Å². The minimum absolute atomic E-state index is 0.331. The fourth-order valence-corrected chi connectivity index (χ4v) is 7.36. The minimum Gasteiger partial charge on any atom is -0.487 e. The summed E-state index contributed by atoms with van der Waals surface area (Å²) in [5.41, 5.74) is 3.55. The molecule has 0 atom stereocenters. The van der Waals surface area contributed by atoms with Crippen molar-refractivity contribution in [1.29, 1.82) is 5.26 Å². The highest BCUT2D eigenvalue weighted by atomic mass is 35.5. The average molecular weight is 629 g/mol. The Morgan fingerprint density at radius 3 is 2.44 bits per heavy atom. The van der Waals surface area contributed by atoms with E-state index in [0.717, 1.165) is 86.9 Å². The molecule has 9 nitrogen and oxygen atoms in total. The maximum absolute atomic E-state index is 11.2. The van der Waals surface area contributed by atoms with E-state index in [1.54, 1.807) is 11.0 Å². The number of anilines is 1. The molecule has 0 saturated carbocycles. The number of aromatic nitrogens is 2. The highest BCUT2D eigenvalue weighted by molar-refractivity contribution is 6.30. The highest BCUT2D eigenvalue weighted by Gasteiger charge is 2.45. The van der Waals surface area contributed by atoms with Crippen LogP contribution in [0, 0.1) is 22.7 Å². The molecule has 3 aliphatic rings. The van der Waals surface area contributed by atoms with Crippen LogP contribution in [0.5, 0.6) is 5.75 Å². The second-order valence-electron chi connectivity index (χ2n) is 13.5. The molecule has 6 rings (SSSR count). The standard InChI is InChI=1S/C35H41ClN6O3/c1-34(2,28-17-26(20-37)18-29(36)19-28)27-3-5-31(6-4-27)45-22-30-7-12-38-32(39-30)41-15-10-35(11-16-41)23-40(24-35)21-25-8-13-42(14-9-25)33(43)44/h3-7,12,17-19,25H,8-11,13-16,21-24H2,1-2H3,(H,43,44). The number of amides is 1. The lowest BCUT2D eigenvalue weighted by molar-refractivity contribution is -0.0322. The van der Waals surface area contributed by atoms with Crippen molar-refractivity contribution < 1.29 is 14.6 Å². The molecule has 3 fully saturated rings. The quantitative estimate of drug-likeness (QED) is 0.314. The van der Waals surface area contributed by atoms with Gasteiger partial charge in [-0.2, -0.15) is 5.26 Å². The lowest BCUT2D eigenvalue weighted by Gasteiger charge is -2.55. The van der Waals surface area contributed by atoms with Crippen molar-refractivity contribution in [3.8, 4) is 11.8 Å². The number of likely N-dealkylation sites (tertiary alicyclic amines) is 2. The van der Waals surface area contributed by atoms with Crippen molar-refractivity contribution in [2.75, 3.05) is 50.7 Å². The number of piperidine rings is 2. The molecule has 2 aromatic carbocycles. The van der Waals surface area contributed by atoms with Gasteiger partial charge in [0.25, 0.3) is 0 Å². The first-order chi connectivity index (χ1) is 21.6. The maximum atomic E-state index is 11.2. The van der Waals surface area contributed by atoms with Crippen LogP contribution in [0.3, 0.4) is 0 Å². The summed E-state index contributed by atoms with van der Waals surface area (Å²) in [7, 11) is 0. The van der Waals surface area contributed by atoms with Crippen LogP contribution in [-0.2, 0) is 12.0 Å². The van der Waals surface area contributed by atoms with Gasteiger partial charge in [-0.05, 0) is 84.5 Å². The van der Waals surface area contributed by atoms with Gasteiger partial charge >= 0.3 is 6.09 Å². The summed E-state index contributed by atoms with van der Waals surface area (Å²) >= 11 is 6.27. The molecule has 1 N–H and O–H groups in total. The van der Waals surface area contributed by atoms with Gasteiger partial charge in [0.1, 0.15) is 12.4 Å². The molecule has 0 aliphatic carbocycles. The lowest BCUT2D eigenvalue weighted by atomic mass is 9.71. The summed E-state index contributed by atoms with van der Waals surface area (Å²) in [6.07, 6.45) is 5.25. The molecule has 45 heavy (non-hydrogen) atoms. The number of carbonyl (C=O) groups is 1. The first-order valence-corrected chi connectivity index (χ1v) is 16.2. The van der Waals surface area contributed by atoms with Gasteiger partial charge in [-0.15, -0.1) is 0 Å². The largest absolute Gasteiger partial charge is 0.487 e. The molecule has 10 heteroatoms. The first kappa shape index (κ1) is 31.1. The van der Waals surface area contributed by atoms with Crippen molar-refractivity contribution in [3.63, 3.8) is 0 Å². The Kier molecular flexibility index (Phi) is 8.89. The minimum atomic E-state index is -0.789. The molecule has 3 aliphatic heterocycles. The van der Waals surface area contributed by atoms with Crippen LogP contribution < -0.4 is 9.64 Å². The highest BCUT2D eigenvalue weighted by Crippen LogP contribution is 2.42. The number of nitriles is 1. The number of rotatable bonds is 8. The number of carboxylic acid groups (broad SMARTS) is 1. The number of benzene rings is 2. The number of nitrogens with zero attached hydrogens (tertiary/aromatic N) is 6. The Morgan fingerprint density at radius 1 is 1.07 bits per heavy atom. The third-order valence-electron chi connectivity index (χ3n) is 10.0. The van der Waals surface area contributed by atoms with Gasteiger partial charge < -0.3 is 24.5 Å². The van der Waals surface area contributed by atoms with Crippen LogP contribution in [0.15, 0.2) is 54.7 Å². The van der Waals surface area contributed by atoms with Gasteiger partial charge in [-0.1, -0.05) is 37.6 Å². The number of hydrogen-bond acceptors (Lipinski definition) is 7. The van der Waals surface area contributed by atoms with Gasteiger partial charge in [0.05, 0.1) is 17.3 Å². The third-order valence-corrected chi connectivity index (χ3v) is 10.3. The van der Waals surface area contributed by atoms with E-state index in [0.29, 0.717) is 41.6 Å². The second kappa shape index (κ2) is 12.9. The van der Waals surface area contributed by atoms with E-state index < -0.39 is 6.09 Å². The molecule has 1 aromatic heterocycles. The topological polar surface area (TPSA) is 106 Å². The van der Waals surface area contributed by atoms with E-state index in [9.17, 15) is 15.2 Å². The van der Waals surface area contributed by atoms with Gasteiger partial charge in [0.2, 0.25) is 5.95 Å². The van der Waals surface area contributed by atoms with Crippen LogP contribution in [0.25, 0.3) is 0 Å². The summed E-state index contributed by atoms with van der Waals surface area (Å²) in [6, 6.07) is 17.6. The molecule has 3 aromatic rings. The van der Waals surface area contributed by atoms with Gasteiger partial charge in [0, 0.05) is 62.4 Å². The molecule has 1 amide bonds. The first-order valence-electron chi connectivity index (χ1n) is 15.8. The predicted octanol–water partition coefficient (Wildman–Crippen LogP) is 6.20. The van der Waals surface area contributed by atoms with E-state index in [2.05, 4.69) is 46.8 Å². The molecule has 1 spiro atoms. The van der Waals surface area contributed by atoms with Crippen molar-refractivity contribution in [2.45, 2.75) is 51.6 Å². The fraction of sp³-hybridized carbons (Fsp3) is 0.486. The summed E-state index contributed by atoms with van der Waals surface area (Å²) in [4.78, 5) is 27.0. The number of ether oxygens (including phenoxy) is 1. The normalized spacial score (nSPS) is 18.8. The van der Waals surface area contributed by atoms with Crippen LogP contribution in [-0.4, -0.2) is 76.8 Å². The molecular weight excluding hydrogens is 588 g/mol. The summed E-state index contributed by atoms with van der Waals surface area (Å²) in [5, 5.41) is 19.1. The van der Waals surface area contributed by atoms with E-state index in [1.165, 1.54) is 0 Å². The Labute approximate surface area is 270 Å². The van der Waals surface area contributed by atoms with Gasteiger partial charge in [-0.25, -0.2) is 14.8 Å². The summed E-state index contributed by atoms with van der Waals surface area (Å²) in [5.74, 6) is 2.14. The molecule has 0 radical (unpaired) electrons. The summed E-state index contributed by atoms with van der Waals surface area (Å²) < 4.78 is 6.10. The van der Waals surface area contributed by atoms with E-state index in [4.69, 9.17) is 21.3 Å². The van der Waals surface area contributed by atoms with Gasteiger partial charge in [-0.3, -0.25) is 0 Å². The van der Waals surface area contributed by atoms with Gasteiger partial charge in [0.15, 0.2) is 0 Å². The smallest absolute Gasteiger partial charge is 0.407 e. The van der Waals surface area contributed by atoms with Crippen LogP contribution >= 0.6 is 11.6 Å². The van der Waals surface area contributed by atoms with E-state index >= 15 is 0 Å². The molecule has 3 saturated heterocycles. The van der Waals surface area contributed by atoms with Crippen molar-refractivity contribution >= 4 is 23.6 Å². The second-order valence-corrected chi connectivity index (χ2v) is 13.9. The number of halogens is 1. The van der Waals surface area contributed by atoms with Crippen molar-refractivity contribution in [3.05, 3.63) is 82.1 Å². The zero-order chi connectivity index (χ0) is 31.6. The van der Waals surface area contributed by atoms with Crippen LogP contribution in [0.2, 0.25) is 5.02 Å². The van der Waals surface area contributed by atoms with Crippen molar-refractivity contribution in [1.82, 2.24) is 19.8 Å². The molecule has 236 valence electrons. The lowest BCUT2D eigenvalue weighted by Crippen LogP contribution is -2.61. The maximum Gasteiger partial charge on any atom is 0.407 e. The Bertz CT molecular complexity index is 1550. The fourth-order valence-electron chi connectivity index (χ4n) is 7.12. The number of hydrogen-bond donors (Lipinski definition) is 1. The van der Waals surface area contributed by atoms with Crippen LogP contribution in [0.4, 0.5) is 10.7 Å². The summed E-state index contributed by atoms with van der Waals surface area (Å²) in [6.45, 7) is 11.2. The zero-order valence-electron chi connectivity index (χ0n) is 26.1. The predicted molar refractivity (Wildman–Crippen MR) is 174 cm³/mol. The average Bonchev–Trinajstić information content (AvgIpc) is 3.03. The Morgan fingerprint density at radius 2 is 1.78 bits per heavy atom. The molecule has 0 unspecified atom stereocenters. The zero-order valence-corrected chi connectivity index (χ0v) is 26.8. The van der Waals surface area contributed by atoms with E-state index in [1.807, 2.05) is 36.5 Å². The molecule has 4 heterocycles. The molecule has 0 bridgehead atoms. The monoisotopic (exact) mass is 628 g/mol.